The van der Waals surface area contributed by atoms with E-state index in [2.05, 4.69) is 86.8 Å². The minimum Gasteiger partial charge on any atom is -0.756 e. The van der Waals surface area contributed by atoms with Gasteiger partial charge in [-0.25, -0.2) is 0 Å². The third-order valence-corrected chi connectivity index (χ3v) is 18.7. The Hall–Kier alpha value is -2.55. The Labute approximate surface area is 571 Å². The molecule has 0 aliphatic rings. The number of phosphoric acid groups is 1. The molecule has 0 aliphatic carbocycles. The minimum absolute atomic E-state index is 0.0289. The van der Waals surface area contributed by atoms with Crippen LogP contribution in [0.15, 0.2) is 72.9 Å². The van der Waals surface area contributed by atoms with Gasteiger partial charge in [0.15, 0.2) is 6.10 Å². The molecule has 10 heteroatoms. The highest BCUT2D eigenvalue weighted by Crippen LogP contribution is 2.38. The topological polar surface area (TPSA) is 111 Å². The Morgan fingerprint density at radius 2 is 0.620 bits per heavy atom. The first-order chi connectivity index (χ1) is 45.0. The van der Waals surface area contributed by atoms with E-state index >= 15 is 0 Å². The smallest absolute Gasteiger partial charge is 0.306 e. The van der Waals surface area contributed by atoms with E-state index in [1.54, 1.807) is 0 Å². The molecule has 0 radical (unpaired) electrons. The average molecular weight is 1310 g/mol. The highest BCUT2D eigenvalue weighted by atomic mass is 31.2. The van der Waals surface area contributed by atoms with Crippen molar-refractivity contribution in [3.63, 3.8) is 0 Å². The number of hydrogen-bond donors (Lipinski definition) is 0. The van der Waals surface area contributed by atoms with Crippen molar-refractivity contribution >= 4 is 19.8 Å². The van der Waals surface area contributed by atoms with E-state index < -0.39 is 26.5 Å². The molecule has 0 bridgehead atoms. The summed E-state index contributed by atoms with van der Waals surface area (Å²) in [5.74, 6) is -0.811. The van der Waals surface area contributed by atoms with E-state index in [4.69, 9.17) is 18.5 Å². The molecule has 0 saturated heterocycles. The molecule has 2 atom stereocenters. The lowest BCUT2D eigenvalue weighted by molar-refractivity contribution is -0.870. The number of hydrogen-bond acceptors (Lipinski definition) is 8. The van der Waals surface area contributed by atoms with Crippen LogP contribution in [0.5, 0.6) is 0 Å². The Balaban J connectivity index is 3.92. The summed E-state index contributed by atoms with van der Waals surface area (Å²) in [4.78, 5) is 38.2. The number of carbonyl (C=O) groups excluding carboxylic acids is 2. The van der Waals surface area contributed by atoms with Crippen LogP contribution in [0.4, 0.5) is 0 Å². The van der Waals surface area contributed by atoms with E-state index in [0.29, 0.717) is 17.4 Å². The van der Waals surface area contributed by atoms with Crippen LogP contribution in [0.1, 0.15) is 386 Å². The predicted octanol–water partition coefficient (Wildman–Crippen LogP) is 25.7. The molecule has 538 valence electrons. The SMILES string of the molecule is CC/C=C\C/C=C\C/C=C\C/C=C\C/C=C\CCCCCCCCCCCCCCCCCCCCCCCCCC(=O)OC(COC(=O)CCCCCCCCCCCCCCCCCCC/C=C\CCCCCCCCCC)COP(=O)([O-])OCC[N+](C)(C)C. The summed E-state index contributed by atoms with van der Waals surface area (Å²) >= 11 is 0. The second kappa shape index (κ2) is 72.7. The number of ether oxygens (including phenoxy) is 2. The van der Waals surface area contributed by atoms with E-state index in [1.165, 1.54) is 289 Å². The first-order valence-corrected chi connectivity index (χ1v) is 41.1. The lowest BCUT2D eigenvalue weighted by Crippen LogP contribution is -2.37. The summed E-state index contributed by atoms with van der Waals surface area (Å²) in [6, 6.07) is 0. The van der Waals surface area contributed by atoms with Crippen LogP contribution in [-0.4, -0.2) is 70.0 Å². The van der Waals surface area contributed by atoms with Crippen LogP contribution < -0.4 is 4.89 Å². The van der Waals surface area contributed by atoms with Gasteiger partial charge in [-0.2, -0.15) is 0 Å². The maximum Gasteiger partial charge on any atom is 0.306 e. The number of phosphoric ester groups is 1. The molecule has 9 nitrogen and oxygen atoms in total. The summed E-state index contributed by atoms with van der Waals surface area (Å²) in [7, 11) is 1.19. The van der Waals surface area contributed by atoms with Gasteiger partial charge in [0.1, 0.15) is 19.8 Å². The third-order valence-electron chi connectivity index (χ3n) is 17.7. The molecule has 0 aromatic carbocycles. The van der Waals surface area contributed by atoms with E-state index in [-0.39, 0.29) is 32.0 Å². The first kappa shape index (κ1) is 89.5. The molecule has 0 amide bonds. The van der Waals surface area contributed by atoms with Crippen molar-refractivity contribution < 1.29 is 42.1 Å². The number of likely N-dealkylation sites (N-methyl/N-ethyl adjacent to an activating group) is 1. The summed E-state index contributed by atoms with van der Waals surface area (Å²) in [6.45, 7) is 4.19. The Morgan fingerprint density at radius 3 is 0.935 bits per heavy atom. The van der Waals surface area contributed by atoms with E-state index in [0.717, 1.165) is 64.2 Å². The van der Waals surface area contributed by atoms with Gasteiger partial charge in [-0.3, -0.25) is 14.2 Å². The number of rotatable bonds is 74. The van der Waals surface area contributed by atoms with Gasteiger partial charge in [0, 0.05) is 12.8 Å². The predicted molar refractivity (Wildman–Crippen MR) is 397 cm³/mol. The molecular weight excluding hydrogens is 1160 g/mol. The number of carbonyl (C=O) groups is 2. The van der Waals surface area contributed by atoms with Crippen molar-refractivity contribution in [2.24, 2.45) is 0 Å². The number of unbranched alkanes of at least 4 members (excludes halogenated alkanes) is 48. The zero-order valence-electron chi connectivity index (χ0n) is 61.5. The van der Waals surface area contributed by atoms with Gasteiger partial charge in [0.25, 0.3) is 7.82 Å². The monoisotopic (exact) mass is 1310 g/mol. The molecule has 2 unspecified atom stereocenters. The van der Waals surface area contributed by atoms with Crippen LogP contribution in [0.3, 0.4) is 0 Å². The number of allylic oxidation sites excluding steroid dienone is 12. The standard InChI is InChI=1S/C82H152NO8P/c1-6-8-10-12-14-16-18-20-22-24-26-28-30-32-34-36-37-38-39-40-41-42-43-44-45-47-49-51-53-55-57-59-61-63-65-67-69-71-73-75-82(85)91-80(79-90-92(86,87)89-77-76-83(3,4)5)78-88-81(84)74-72-70-68-66-64-62-60-58-56-54-52-50-48-46-35-33-31-29-27-25-23-21-19-17-15-13-11-9-7-2/h8,10,14,16,20,22,25-28,32,34,80H,6-7,9,11-13,15,17-19,21,23-24,29-31,33,35-79H2,1-5H3/b10-8-,16-14-,22-20-,27-25-,28-26-,34-32-. The highest BCUT2D eigenvalue weighted by Gasteiger charge is 2.22. The quantitative estimate of drug-likeness (QED) is 0.0195. The zero-order chi connectivity index (χ0) is 66.9. The molecular formula is C82H152NO8P. The second-order valence-corrected chi connectivity index (χ2v) is 29.5. The molecule has 0 saturated carbocycles. The van der Waals surface area contributed by atoms with Crippen molar-refractivity contribution in [2.75, 3.05) is 47.5 Å². The Bertz CT molecular complexity index is 1780. The van der Waals surface area contributed by atoms with Crippen molar-refractivity contribution in [3.8, 4) is 0 Å². The Kier molecular flexibility index (Phi) is 70.7. The van der Waals surface area contributed by atoms with Crippen LogP contribution in [0, 0.1) is 0 Å². The third kappa shape index (κ3) is 76.5. The lowest BCUT2D eigenvalue weighted by atomic mass is 10.0. The number of quaternary nitrogens is 1. The van der Waals surface area contributed by atoms with E-state index in [9.17, 15) is 19.0 Å². The largest absolute Gasteiger partial charge is 0.756 e. The fourth-order valence-corrected chi connectivity index (χ4v) is 12.4. The van der Waals surface area contributed by atoms with Crippen LogP contribution in [-0.2, 0) is 32.7 Å². The minimum atomic E-state index is -4.64. The molecule has 0 aromatic heterocycles. The summed E-state index contributed by atoms with van der Waals surface area (Å²) in [5, 5.41) is 0. The fraction of sp³-hybridized carbons (Fsp3) is 0.829. The van der Waals surface area contributed by atoms with Crippen molar-refractivity contribution in [2.45, 2.75) is 392 Å². The van der Waals surface area contributed by atoms with E-state index in [1.807, 2.05) is 21.1 Å². The van der Waals surface area contributed by atoms with Crippen LogP contribution in [0.2, 0.25) is 0 Å². The van der Waals surface area contributed by atoms with Gasteiger partial charge in [-0.1, -0.05) is 363 Å². The van der Waals surface area contributed by atoms with Gasteiger partial charge in [0.2, 0.25) is 0 Å². The fourth-order valence-electron chi connectivity index (χ4n) is 11.7. The maximum absolute atomic E-state index is 12.9. The Morgan fingerprint density at radius 1 is 0.348 bits per heavy atom. The van der Waals surface area contributed by atoms with Gasteiger partial charge in [0.05, 0.1) is 27.7 Å². The molecule has 0 fully saturated rings. The second-order valence-electron chi connectivity index (χ2n) is 28.0. The first-order valence-electron chi connectivity index (χ1n) is 39.6. The average Bonchev–Trinajstić information content (AvgIpc) is 2.14. The van der Waals surface area contributed by atoms with Gasteiger partial charge in [-0.05, 0) is 83.5 Å². The molecule has 0 rings (SSSR count). The lowest BCUT2D eigenvalue weighted by Gasteiger charge is -2.28. The van der Waals surface area contributed by atoms with Crippen molar-refractivity contribution in [1.82, 2.24) is 0 Å². The maximum atomic E-state index is 12.9. The van der Waals surface area contributed by atoms with Crippen LogP contribution >= 0.6 is 7.82 Å². The molecule has 0 aliphatic heterocycles. The van der Waals surface area contributed by atoms with Crippen LogP contribution in [0.25, 0.3) is 0 Å². The number of esters is 2. The molecule has 92 heavy (non-hydrogen) atoms. The van der Waals surface area contributed by atoms with Gasteiger partial charge >= 0.3 is 11.9 Å². The van der Waals surface area contributed by atoms with Crippen molar-refractivity contribution in [1.29, 1.82) is 0 Å². The molecule has 0 aromatic rings. The molecule has 0 N–H and O–H groups in total. The normalized spacial score (nSPS) is 13.4. The van der Waals surface area contributed by atoms with Crippen molar-refractivity contribution in [3.05, 3.63) is 72.9 Å². The zero-order valence-corrected chi connectivity index (χ0v) is 62.4. The summed E-state index contributed by atoms with van der Waals surface area (Å²) in [6.07, 6.45) is 98.8. The summed E-state index contributed by atoms with van der Waals surface area (Å²) in [5.41, 5.74) is 0. The molecule has 0 spiro atoms. The molecule has 0 heterocycles. The highest BCUT2D eigenvalue weighted by molar-refractivity contribution is 7.45. The van der Waals surface area contributed by atoms with Gasteiger partial charge in [-0.15, -0.1) is 0 Å². The van der Waals surface area contributed by atoms with Gasteiger partial charge < -0.3 is 27.9 Å². The number of nitrogens with zero attached hydrogens (tertiary/aromatic N) is 1. The summed E-state index contributed by atoms with van der Waals surface area (Å²) < 4.78 is 34.4.